The first kappa shape index (κ1) is 17.6. The molecule has 26 heavy (non-hydrogen) atoms. The van der Waals surface area contributed by atoms with Gasteiger partial charge >= 0.3 is 0 Å². The predicted octanol–water partition coefficient (Wildman–Crippen LogP) is 3.06. The number of ether oxygens (including phenoxy) is 2. The fourth-order valence-corrected chi connectivity index (χ4v) is 4.33. The van der Waals surface area contributed by atoms with Crippen LogP contribution < -0.4 is 0 Å². The lowest BCUT2D eigenvalue weighted by Crippen LogP contribution is -2.56. The first-order chi connectivity index (χ1) is 12.8. The number of pyridine rings is 2. The topological polar surface area (TPSA) is 47.5 Å². The Morgan fingerprint density at radius 2 is 2.08 bits per heavy atom. The quantitative estimate of drug-likeness (QED) is 0.799. The van der Waals surface area contributed by atoms with Gasteiger partial charge in [0.05, 0.1) is 19.3 Å². The summed E-state index contributed by atoms with van der Waals surface area (Å²) in [7, 11) is 0. The normalized spacial score (nSPS) is 26.4. The summed E-state index contributed by atoms with van der Waals surface area (Å²) in [6.45, 7) is 5.34. The molecule has 0 spiro atoms. The molecule has 0 aliphatic carbocycles. The van der Waals surface area contributed by atoms with Gasteiger partial charge in [0.1, 0.15) is 0 Å². The predicted molar refractivity (Wildman–Crippen MR) is 99.4 cm³/mol. The van der Waals surface area contributed by atoms with Crippen LogP contribution in [0.2, 0.25) is 0 Å². The molecule has 0 N–H and O–H groups in total. The molecule has 4 heterocycles. The second kappa shape index (κ2) is 8.25. The van der Waals surface area contributed by atoms with E-state index in [-0.39, 0.29) is 5.41 Å². The standard InChI is InChI=1S/C21H27N3O2/c1-3-19(13-23-8-1)15-25-17-21-7-2-12-26-20(21)6-11-24(16-21)14-18-4-9-22-10-5-18/h1,3-5,8-10,13,20H,2,6-7,11-12,14-17H2/t20-,21+/m0/s1. The van der Waals surface area contributed by atoms with Crippen molar-refractivity contribution in [3.63, 3.8) is 0 Å². The van der Waals surface area contributed by atoms with E-state index in [1.807, 2.05) is 24.7 Å². The Kier molecular flexibility index (Phi) is 5.58. The van der Waals surface area contributed by atoms with Crippen LogP contribution in [0.4, 0.5) is 0 Å². The maximum Gasteiger partial charge on any atom is 0.0732 e. The maximum atomic E-state index is 6.16. The molecule has 5 nitrogen and oxygen atoms in total. The van der Waals surface area contributed by atoms with Crippen molar-refractivity contribution in [3.8, 4) is 0 Å². The number of piperidine rings is 1. The average molecular weight is 353 g/mol. The number of aromatic nitrogens is 2. The summed E-state index contributed by atoms with van der Waals surface area (Å²) in [5.41, 5.74) is 2.55. The van der Waals surface area contributed by atoms with Crippen LogP contribution in [0.25, 0.3) is 0 Å². The highest BCUT2D eigenvalue weighted by Crippen LogP contribution is 2.41. The minimum absolute atomic E-state index is 0.103. The Balaban J connectivity index is 1.41. The largest absolute Gasteiger partial charge is 0.377 e. The lowest BCUT2D eigenvalue weighted by molar-refractivity contribution is -0.155. The highest BCUT2D eigenvalue weighted by molar-refractivity contribution is 5.10. The summed E-state index contributed by atoms with van der Waals surface area (Å²) in [5.74, 6) is 0. The number of hydrogen-bond acceptors (Lipinski definition) is 5. The van der Waals surface area contributed by atoms with Crippen molar-refractivity contribution in [2.75, 3.05) is 26.3 Å². The Morgan fingerprint density at radius 1 is 1.15 bits per heavy atom. The molecule has 2 aromatic rings. The lowest BCUT2D eigenvalue weighted by atomic mass is 9.73. The van der Waals surface area contributed by atoms with E-state index in [1.54, 1.807) is 6.20 Å². The molecule has 4 rings (SSSR count). The van der Waals surface area contributed by atoms with Crippen LogP contribution in [0.1, 0.15) is 30.4 Å². The Labute approximate surface area is 155 Å². The van der Waals surface area contributed by atoms with E-state index in [0.717, 1.165) is 51.3 Å². The van der Waals surface area contributed by atoms with Crippen molar-refractivity contribution >= 4 is 0 Å². The van der Waals surface area contributed by atoms with Crippen LogP contribution in [-0.4, -0.2) is 47.3 Å². The van der Waals surface area contributed by atoms with Gasteiger partial charge in [-0.1, -0.05) is 6.07 Å². The van der Waals surface area contributed by atoms with Crippen LogP contribution in [0.3, 0.4) is 0 Å². The van der Waals surface area contributed by atoms with E-state index in [9.17, 15) is 0 Å². The van der Waals surface area contributed by atoms with Gasteiger partial charge in [-0.15, -0.1) is 0 Å². The van der Waals surface area contributed by atoms with Crippen LogP contribution >= 0.6 is 0 Å². The second-order valence-corrected chi connectivity index (χ2v) is 7.53. The van der Waals surface area contributed by atoms with Gasteiger partial charge in [0.2, 0.25) is 0 Å². The minimum Gasteiger partial charge on any atom is -0.377 e. The zero-order valence-corrected chi connectivity index (χ0v) is 15.2. The van der Waals surface area contributed by atoms with Crippen molar-refractivity contribution in [1.82, 2.24) is 14.9 Å². The number of nitrogens with zero attached hydrogens (tertiary/aromatic N) is 3. The number of fused-ring (bicyclic) bond motifs is 1. The Morgan fingerprint density at radius 3 is 2.92 bits per heavy atom. The van der Waals surface area contributed by atoms with Gasteiger partial charge in [-0.2, -0.15) is 0 Å². The number of rotatable bonds is 6. The monoisotopic (exact) mass is 353 g/mol. The molecule has 0 radical (unpaired) electrons. The molecule has 138 valence electrons. The van der Waals surface area contributed by atoms with Crippen molar-refractivity contribution in [2.24, 2.45) is 5.41 Å². The van der Waals surface area contributed by atoms with Gasteiger partial charge < -0.3 is 9.47 Å². The zero-order chi connectivity index (χ0) is 17.7. The van der Waals surface area contributed by atoms with Gasteiger partial charge in [0.25, 0.3) is 0 Å². The lowest BCUT2D eigenvalue weighted by Gasteiger charge is -2.50. The summed E-state index contributed by atoms with van der Waals surface area (Å²) >= 11 is 0. The van der Waals surface area contributed by atoms with E-state index in [1.165, 1.54) is 12.0 Å². The molecule has 2 fully saturated rings. The third kappa shape index (κ3) is 4.11. The van der Waals surface area contributed by atoms with E-state index in [4.69, 9.17) is 9.47 Å². The molecule has 0 bridgehead atoms. The molecule has 2 atom stereocenters. The van der Waals surface area contributed by atoms with E-state index < -0.39 is 0 Å². The fraction of sp³-hybridized carbons (Fsp3) is 0.524. The first-order valence-corrected chi connectivity index (χ1v) is 9.54. The average Bonchev–Trinajstić information content (AvgIpc) is 2.69. The molecule has 2 aromatic heterocycles. The molecule has 2 saturated heterocycles. The molecule has 2 aliphatic heterocycles. The number of hydrogen-bond donors (Lipinski definition) is 0. The van der Waals surface area contributed by atoms with Crippen molar-refractivity contribution in [3.05, 3.63) is 60.2 Å². The Hall–Kier alpha value is -1.82. The molecule has 0 unspecified atom stereocenters. The number of likely N-dealkylation sites (tertiary alicyclic amines) is 1. The fourth-order valence-electron chi connectivity index (χ4n) is 4.33. The molecule has 2 aliphatic rings. The van der Waals surface area contributed by atoms with Gasteiger partial charge in [0, 0.05) is 56.4 Å². The summed E-state index contributed by atoms with van der Waals surface area (Å²) in [6, 6.07) is 8.24. The highest BCUT2D eigenvalue weighted by atomic mass is 16.5. The van der Waals surface area contributed by atoms with Crippen molar-refractivity contribution in [2.45, 2.75) is 38.5 Å². The molecule has 0 saturated carbocycles. The molecule has 5 heteroatoms. The van der Waals surface area contributed by atoms with Crippen molar-refractivity contribution in [1.29, 1.82) is 0 Å². The maximum absolute atomic E-state index is 6.16. The van der Waals surface area contributed by atoms with Gasteiger partial charge in [-0.25, -0.2) is 0 Å². The summed E-state index contributed by atoms with van der Waals surface area (Å²) in [6.07, 6.45) is 11.1. The van der Waals surface area contributed by atoms with E-state index in [0.29, 0.717) is 12.7 Å². The molecule has 0 amide bonds. The third-order valence-electron chi connectivity index (χ3n) is 5.60. The van der Waals surface area contributed by atoms with Crippen LogP contribution in [-0.2, 0) is 22.6 Å². The molecular weight excluding hydrogens is 326 g/mol. The second-order valence-electron chi connectivity index (χ2n) is 7.53. The molecule has 0 aromatic carbocycles. The van der Waals surface area contributed by atoms with Crippen molar-refractivity contribution < 1.29 is 9.47 Å². The minimum atomic E-state index is 0.103. The smallest absolute Gasteiger partial charge is 0.0732 e. The highest BCUT2D eigenvalue weighted by Gasteiger charge is 2.46. The third-order valence-corrected chi connectivity index (χ3v) is 5.60. The van der Waals surface area contributed by atoms with Gasteiger partial charge in [-0.3, -0.25) is 14.9 Å². The Bertz CT molecular complexity index is 682. The first-order valence-electron chi connectivity index (χ1n) is 9.54. The van der Waals surface area contributed by atoms with Crippen LogP contribution in [0.5, 0.6) is 0 Å². The summed E-state index contributed by atoms with van der Waals surface area (Å²) in [5, 5.41) is 0. The summed E-state index contributed by atoms with van der Waals surface area (Å²) < 4.78 is 12.3. The van der Waals surface area contributed by atoms with E-state index in [2.05, 4.69) is 33.1 Å². The SMILES string of the molecule is c1cncc(COC[C@]23CCCO[C@H]2CCN(Cc2ccncc2)C3)c1. The zero-order valence-electron chi connectivity index (χ0n) is 15.2. The molecular formula is C21H27N3O2. The van der Waals surface area contributed by atoms with Crippen LogP contribution in [0.15, 0.2) is 49.1 Å². The van der Waals surface area contributed by atoms with E-state index >= 15 is 0 Å². The van der Waals surface area contributed by atoms with Crippen LogP contribution in [0, 0.1) is 5.41 Å². The summed E-state index contributed by atoms with van der Waals surface area (Å²) in [4.78, 5) is 10.8. The van der Waals surface area contributed by atoms with Gasteiger partial charge in [-0.05, 0) is 48.6 Å². The van der Waals surface area contributed by atoms with Gasteiger partial charge in [0.15, 0.2) is 0 Å².